The number of ketones is 1. The highest BCUT2D eigenvalue weighted by molar-refractivity contribution is 6.00. The van der Waals surface area contributed by atoms with Crippen LogP contribution in [-0.2, 0) is 0 Å². The quantitative estimate of drug-likeness (QED) is 0.565. The number of fused-ring (bicyclic) bond motifs is 1. The van der Waals surface area contributed by atoms with Gasteiger partial charge in [0, 0.05) is 35.7 Å². The molecule has 158 valence electrons. The SMILES string of the molecule is CC(C)(CF)CC(=O)c1cnc2[nH]nc(N3CCC[C@@H]3c3cc(F)ccc3F)c2c1. The van der Waals surface area contributed by atoms with Crippen LogP contribution in [0.25, 0.3) is 11.0 Å². The number of aromatic amines is 1. The van der Waals surface area contributed by atoms with E-state index in [-0.39, 0.29) is 23.8 Å². The summed E-state index contributed by atoms with van der Waals surface area (Å²) in [5.74, 6) is -0.609. The molecule has 30 heavy (non-hydrogen) atoms. The van der Waals surface area contributed by atoms with Crippen molar-refractivity contribution >= 4 is 22.6 Å². The molecule has 1 N–H and O–H groups in total. The molecule has 5 nitrogen and oxygen atoms in total. The van der Waals surface area contributed by atoms with Crippen LogP contribution in [0.1, 0.15) is 55.1 Å². The number of alkyl halides is 1. The van der Waals surface area contributed by atoms with E-state index in [0.717, 1.165) is 18.6 Å². The topological polar surface area (TPSA) is 61.9 Å². The summed E-state index contributed by atoms with van der Waals surface area (Å²) in [7, 11) is 0. The minimum atomic E-state index is -0.750. The minimum absolute atomic E-state index is 0.0602. The number of benzene rings is 1. The molecule has 1 atom stereocenters. The maximum Gasteiger partial charge on any atom is 0.165 e. The molecule has 0 saturated carbocycles. The van der Waals surface area contributed by atoms with Gasteiger partial charge in [-0.05, 0) is 37.1 Å². The molecular weight excluding hydrogens is 393 g/mol. The third kappa shape index (κ3) is 3.78. The van der Waals surface area contributed by atoms with Crippen molar-refractivity contribution in [3.8, 4) is 0 Å². The molecular formula is C22H23F3N4O. The summed E-state index contributed by atoms with van der Waals surface area (Å²) in [6.45, 7) is 3.42. The molecule has 0 amide bonds. The molecule has 0 bridgehead atoms. The third-order valence-electron chi connectivity index (χ3n) is 5.56. The van der Waals surface area contributed by atoms with Gasteiger partial charge in [-0.2, -0.15) is 5.10 Å². The molecule has 0 aliphatic carbocycles. The van der Waals surface area contributed by atoms with Crippen molar-refractivity contribution in [2.24, 2.45) is 5.41 Å². The Morgan fingerprint density at radius 2 is 2.10 bits per heavy atom. The minimum Gasteiger partial charge on any atom is -0.347 e. The van der Waals surface area contributed by atoms with Gasteiger partial charge < -0.3 is 4.90 Å². The lowest BCUT2D eigenvalue weighted by molar-refractivity contribution is 0.0911. The van der Waals surface area contributed by atoms with E-state index in [0.29, 0.717) is 35.4 Å². The summed E-state index contributed by atoms with van der Waals surface area (Å²) >= 11 is 0. The van der Waals surface area contributed by atoms with E-state index < -0.39 is 23.7 Å². The van der Waals surface area contributed by atoms with Crippen molar-refractivity contribution in [2.75, 3.05) is 18.1 Å². The molecule has 3 aromatic rings. The van der Waals surface area contributed by atoms with Crippen LogP contribution in [0.4, 0.5) is 19.0 Å². The Balaban J connectivity index is 1.70. The Bertz CT molecular complexity index is 1100. The fourth-order valence-corrected chi connectivity index (χ4v) is 3.96. The van der Waals surface area contributed by atoms with Crippen LogP contribution >= 0.6 is 0 Å². The number of anilines is 1. The van der Waals surface area contributed by atoms with E-state index in [1.165, 1.54) is 12.3 Å². The van der Waals surface area contributed by atoms with Crippen molar-refractivity contribution in [1.82, 2.24) is 15.2 Å². The highest BCUT2D eigenvalue weighted by Crippen LogP contribution is 2.39. The second-order valence-electron chi connectivity index (χ2n) is 8.58. The Morgan fingerprint density at radius 1 is 1.30 bits per heavy atom. The van der Waals surface area contributed by atoms with Crippen molar-refractivity contribution < 1.29 is 18.0 Å². The zero-order valence-corrected chi connectivity index (χ0v) is 16.9. The van der Waals surface area contributed by atoms with E-state index >= 15 is 0 Å². The normalized spacial score (nSPS) is 17.1. The first kappa shape index (κ1) is 20.4. The zero-order valence-electron chi connectivity index (χ0n) is 16.9. The first-order chi connectivity index (χ1) is 14.3. The lowest BCUT2D eigenvalue weighted by Crippen LogP contribution is -2.24. The number of nitrogens with one attached hydrogen (secondary N) is 1. The average molecular weight is 416 g/mol. The Morgan fingerprint density at radius 3 is 2.87 bits per heavy atom. The summed E-state index contributed by atoms with van der Waals surface area (Å²) in [4.78, 5) is 18.8. The summed E-state index contributed by atoms with van der Waals surface area (Å²) in [6.07, 6.45) is 2.97. The third-order valence-corrected chi connectivity index (χ3v) is 5.56. The lowest BCUT2D eigenvalue weighted by atomic mass is 9.87. The number of nitrogens with zero attached hydrogens (tertiary/aromatic N) is 3. The molecule has 0 unspecified atom stereocenters. The van der Waals surface area contributed by atoms with Crippen LogP contribution in [0.15, 0.2) is 30.5 Å². The summed E-state index contributed by atoms with van der Waals surface area (Å²) in [5.41, 5.74) is 0.407. The molecule has 8 heteroatoms. The molecule has 0 spiro atoms. The number of halogens is 3. The number of H-pyrrole nitrogens is 1. The molecule has 1 aromatic carbocycles. The Kier molecular flexibility index (Phi) is 5.26. The van der Waals surface area contributed by atoms with Gasteiger partial charge >= 0.3 is 0 Å². The van der Waals surface area contributed by atoms with E-state index in [1.54, 1.807) is 19.9 Å². The number of rotatable bonds is 6. The highest BCUT2D eigenvalue weighted by atomic mass is 19.1. The average Bonchev–Trinajstić information content (AvgIpc) is 3.35. The zero-order chi connectivity index (χ0) is 21.5. The van der Waals surface area contributed by atoms with Gasteiger partial charge in [0.15, 0.2) is 17.2 Å². The molecule has 0 radical (unpaired) electrons. The van der Waals surface area contributed by atoms with Crippen molar-refractivity contribution in [2.45, 2.75) is 39.2 Å². The second-order valence-corrected chi connectivity index (χ2v) is 8.58. The monoisotopic (exact) mass is 416 g/mol. The molecule has 1 fully saturated rings. The van der Waals surface area contributed by atoms with E-state index in [4.69, 9.17) is 0 Å². The van der Waals surface area contributed by atoms with Crippen molar-refractivity contribution in [3.05, 3.63) is 53.2 Å². The van der Waals surface area contributed by atoms with Crippen LogP contribution in [0.3, 0.4) is 0 Å². The first-order valence-electron chi connectivity index (χ1n) is 9.94. The molecule has 4 rings (SSSR count). The van der Waals surface area contributed by atoms with E-state index in [1.807, 2.05) is 4.90 Å². The molecule has 3 heterocycles. The van der Waals surface area contributed by atoms with Gasteiger partial charge in [-0.1, -0.05) is 13.8 Å². The summed E-state index contributed by atoms with van der Waals surface area (Å²) in [6, 6.07) is 4.78. The van der Waals surface area contributed by atoms with Crippen LogP contribution in [-0.4, -0.2) is 34.2 Å². The van der Waals surface area contributed by atoms with Crippen LogP contribution in [0.5, 0.6) is 0 Å². The number of carbonyl (C=O) groups excluding carboxylic acids is 1. The van der Waals surface area contributed by atoms with Crippen LogP contribution < -0.4 is 4.90 Å². The van der Waals surface area contributed by atoms with Crippen molar-refractivity contribution in [1.29, 1.82) is 0 Å². The summed E-state index contributed by atoms with van der Waals surface area (Å²) in [5, 5.41) is 7.82. The largest absolute Gasteiger partial charge is 0.347 e. The van der Waals surface area contributed by atoms with Crippen LogP contribution in [0.2, 0.25) is 0 Å². The van der Waals surface area contributed by atoms with Crippen LogP contribution in [0, 0.1) is 17.0 Å². The fourth-order valence-electron chi connectivity index (χ4n) is 3.96. The van der Waals surface area contributed by atoms with Crippen molar-refractivity contribution in [3.63, 3.8) is 0 Å². The molecule has 1 aliphatic rings. The van der Waals surface area contributed by atoms with Gasteiger partial charge in [-0.25, -0.2) is 13.8 Å². The predicted octanol–water partition coefficient (Wildman–Crippen LogP) is 5.15. The number of Topliss-reactive ketones (excluding diaryl/α,β-unsaturated/α-hetero) is 1. The maximum absolute atomic E-state index is 14.4. The van der Waals surface area contributed by atoms with E-state index in [9.17, 15) is 18.0 Å². The Hall–Kier alpha value is -2.90. The smallest absolute Gasteiger partial charge is 0.165 e. The van der Waals surface area contributed by atoms with Gasteiger partial charge in [0.05, 0.1) is 18.1 Å². The fraction of sp³-hybridized carbons (Fsp3) is 0.409. The highest BCUT2D eigenvalue weighted by Gasteiger charge is 2.32. The van der Waals surface area contributed by atoms with E-state index in [2.05, 4.69) is 15.2 Å². The Labute approximate surface area is 172 Å². The molecule has 1 saturated heterocycles. The van der Waals surface area contributed by atoms with Gasteiger partial charge in [0.1, 0.15) is 11.6 Å². The molecule has 2 aromatic heterocycles. The maximum atomic E-state index is 14.4. The number of hydrogen-bond donors (Lipinski definition) is 1. The van der Waals surface area contributed by atoms with Gasteiger partial charge in [0.25, 0.3) is 0 Å². The number of aromatic nitrogens is 3. The van der Waals surface area contributed by atoms with Gasteiger partial charge in [0.2, 0.25) is 0 Å². The number of hydrogen-bond acceptors (Lipinski definition) is 4. The predicted molar refractivity (Wildman–Crippen MR) is 108 cm³/mol. The lowest BCUT2D eigenvalue weighted by Gasteiger charge is -2.25. The van der Waals surface area contributed by atoms with Gasteiger partial charge in [-0.3, -0.25) is 14.3 Å². The second kappa shape index (κ2) is 7.74. The van der Waals surface area contributed by atoms with Gasteiger partial charge in [-0.15, -0.1) is 0 Å². The molecule has 1 aliphatic heterocycles. The number of carbonyl (C=O) groups is 1. The summed E-state index contributed by atoms with van der Waals surface area (Å²) < 4.78 is 41.3. The first-order valence-corrected chi connectivity index (χ1v) is 9.94. The standard InChI is InChI=1S/C22H23F3N4O/c1-22(2,12-23)10-19(30)13-8-16-20(26-11-13)27-28-21(16)29-7-3-4-18(29)15-9-14(24)5-6-17(15)25/h5-6,8-9,11,18H,3-4,7,10,12H2,1-2H3,(H,26,27,28)/t18-/m1/s1. The number of pyridine rings is 1.